The van der Waals surface area contributed by atoms with Gasteiger partial charge in [-0.2, -0.15) is 4.98 Å². The van der Waals surface area contributed by atoms with Gasteiger partial charge in [-0.05, 0) is 32.1 Å². The molecule has 0 aromatic carbocycles. The van der Waals surface area contributed by atoms with Crippen LogP contribution in [-0.4, -0.2) is 59.5 Å². The van der Waals surface area contributed by atoms with Gasteiger partial charge in [0.15, 0.2) is 0 Å². The molecule has 4 heterocycles. The van der Waals surface area contributed by atoms with Gasteiger partial charge >= 0.3 is 5.97 Å². The van der Waals surface area contributed by atoms with E-state index in [1.165, 1.54) is 7.11 Å². The molecule has 0 spiro atoms. The van der Waals surface area contributed by atoms with Crippen molar-refractivity contribution in [2.45, 2.75) is 49.2 Å². The molecule has 0 atom stereocenters. The van der Waals surface area contributed by atoms with Gasteiger partial charge < -0.3 is 18.9 Å². The maximum atomic E-state index is 12.2. The number of methoxy groups -OCH3 is 2. The Morgan fingerprint density at radius 1 is 1.30 bits per heavy atom. The lowest BCUT2D eigenvalue weighted by Gasteiger charge is -2.43. The Labute approximate surface area is 156 Å². The van der Waals surface area contributed by atoms with Crippen molar-refractivity contribution < 1.29 is 23.7 Å². The number of hydrogen-bond donors (Lipinski definition) is 0. The van der Waals surface area contributed by atoms with Crippen LogP contribution in [0.2, 0.25) is 0 Å². The zero-order valence-electron chi connectivity index (χ0n) is 15.6. The third-order valence-corrected chi connectivity index (χ3v) is 6.08. The molecule has 8 heteroatoms. The Morgan fingerprint density at radius 3 is 2.78 bits per heavy atom. The van der Waals surface area contributed by atoms with Crippen molar-refractivity contribution in [1.29, 1.82) is 0 Å². The predicted molar refractivity (Wildman–Crippen MR) is 94.1 cm³/mol. The molecule has 2 saturated heterocycles. The van der Waals surface area contributed by atoms with Gasteiger partial charge in [-0.15, -0.1) is 0 Å². The third kappa shape index (κ3) is 2.54. The van der Waals surface area contributed by atoms with E-state index in [2.05, 4.69) is 4.98 Å². The number of fused-ring (bicyclic) bond motifs is 2. The van der Waals surface area contributed by atoms with E-state index in [0.717, 1.165) is 37.8 Å². The molecule has 2 aliphatic heterocycles. The first-order valence-corrected chi connectivity index (χ1v) is 9.35. The second-order valence-corrected chi connectivity index (χ2v) is 7.99. The monoisotopic (exact) mass is 373 g/mol. The third-order valence-electron chi connectivity index (χ3n) is 6.08. The van der Waals surface area contributed by atoms with Crippen LogP contribution in [-0.2, 0) is 19.6 Å². The normalized spacial score (nSPS) is 29.4. The largest absolute Gasteiger partial charge is 0.474 e. The molecule has 8 nitrogen and oxygen atoms in total. The SMILES string of the molecule is COCC12CC(c3cn4cc(C(=O)OC)c(OC5CCC5)nc4n3)(CO1)C2. The summed E-state index contributed by atoms with van der Waals surface area (Å²) in [6, 6.07) is 0. The van der Waals surface area contributed by atoms with Crippen LogP contribution in [0.5, 0.6) is 5.88 Å². The quantitative estimate of drug-likeness (QED) is 0.715. The van der Waals surface area contributed by atoms with E-state index in [4.69, 9.17) is 23.9 Å². The zero-order valence-corrected chi connectivity index (χ0v) is 15.6. The molecule has 2 aliphatic carbocycles. The van der Waals surface area contributed by atoms with Crippen molar-refractivity contribution in [2.24, 2.45) is 0 Å². The fourth-order valence-electron chi connectivity index (χ4n) is 4.49. The lowest BCUT2D eigenvalue weighted by molar-refractivity contribution is -0.0614. The van der Waals surface area contributed by atoms with Crippen molar-refractivity contribution in [3.8, 4) is 5.88 Å². The Morgan fingerprint density at radius 2 is 2.11 bits per heavy atom. The Kier molecular flexibility index (Phi) is 3.70. The maximum Gasteiger partial charge on any atom is 0.344 e. The molecule has 2 aromatic heterocycles. The molecule has 6 rings (SSSR count). The van der Waals surface area contributed by atoms with Crippen molar-refractivity contribution in [1.82, 2.24) is 14.4 Å². The van der Waals surface area contributed by atoms with Crippen LogP contribution < -0.4 is 4.74 Å². The standard InChI is InChI=1S/C19H23N3O5/c1-24-11-19-8-18(9-19,10-26-19)14-7-22-6-13(16(23)25-2)15(21-17(22)20-14)27-12-4-3-5-12/h6-7,12H,3-5,8-11H2,1-2H3. The van der Waals surface area contributed by atoms with Gasteiger partial charge in [0.2, 0.25) is 11.7 Å². The summed E-state index contributed by atoms with van der Waals surface area (Å²) in [5.41, 5.74) is 1.000. The maximum absolute atomic E-state index is 12.2. The van der Waals surface area contributed by atoms with Crippen molar-refractivity contribution >= 4 is 11.7 Å². The van der Waals surface area contributed by atoms with Crippen LogP contribution in [0.1, 0.15) is 48.2 Å². The van der Waals surface area contributed by atoms with Gasteiger partial charge in [-0.1, -0.05) is 0 Å². The first kappa shape index (κ1) is 16.9. The highest BCUT2D eigenvalue weighted by molar-refractivity contribution is 5.91. The molecule has 0 amide bonds. The molecule has 2 saturated carbocycles. The molecule has 2 aromatic rings. The molecule has 2 bridgehead atoms. The summed E-state index contributed by atoms with van der Waals surface area (Å²) in [7, 11) is 3.06. The first-order valence-electron chi connectivity index (χ1n) is 9.35. The van der Waals surface area contributed by atoms with Gasteiger partial charge in [0.25, 0.3) is 0 Å². The van der Waals surface area contributed by atoms with Crippen LogP contribution in [0.25, 0.3) is 5.78 Å². The van der Waals surface area contributed by atoms with E-state index in [-0.39, 0.29) is 17.1 Å². The zero-order chi connectivity index (χ0) is 18.6. The highest BCUT2D eigenvalue weighted by Crippen LogP contribution is 2.58. The van der Waals surface area contributed by atoms with Crippen molar-refractivity contribution in [3.05, 3.63) is 23.7 Å². The van der Waals surface area contributed by atoms with Crippen LogP contribution >= 0.6 is 0 Å². The Balaban J connectivity index is 1.49. The lowest BCUT2D eigenvalue weighted by Crippen LogP contribution is -2.49. The van der Waals surface area contributed by atoms with Crippen molar-refractivity contribution in [2.75, 3.05) is 27.4 Å². The molecule has 0 radical (unpaired) electrons. The molecule has 0 unspecified atom stereocenters. The molecule has 4 aliphatic rings. The van der Waals surface area contributed by atoms with E-state index in [1.54, 1.807) is 17.7 Å². The molecule has 144 valence electrons. The number of carbonyl (C=O) groups is 1. The van der Waals surface area contributed by atoms with Crippen LogP contribution in [0.4, 0.5) is 0 Å². The number of ether oxygens (including phenoxy) is 4. The highest BCUT2D eigenvalue weighted by atomic mass is 16.6. The minimum Gasteiger partial charge on any atom is -0.474 e. The number of hydrogen-bond acceptors (Lipinski definition) is 7. The lowest BCUT2D eigenvalue weighted by atomic mass is 9.61. The van der Waals surface area contributed by atoms with Gasteiger partial charge in [-0.25, -0.2) is 9.78 Å². The molecular formula is C19H23N3O5. The van der Waals surface area contributed by atoms with Crippen LogP contribution in [0.3, 0.4) is 0 Å². The van der Waals surface area contributed by atoms with Crippen molar-refractivity contribution in [3.63, 3.8) is 0 Å². The van der Waals surface area contributed by atoms with Crippen LogP contribution in [0, 0.1) is 0 Å². The molecule has 27 heavy (non-hydrogen) atoms. The summed E-state index contributed by atoms with van der Waals surface area (Å²) in [5.74, 6) is 0.371. The summed E-state index contributed by atoms with van der Waals surface area (Å²) < 4.78 is 23.9. The second kappa shape index (κ2) is 5.90. The van der Waals surface area contributed by atoms with Gasteiger partial charge in [0.05, 0.1) is 31.6 Å². The topological polar surface area (TPSA) is 84.2 Å². The smallest absolute Gasteiger partial charge is 0.344 e. The number of carbonyl (C=O) groups excluding carboxylic acids is 1. The Hall–Kier alpha value is -2.19. The number of nitrogens with zero attached hydrogens (tertiary/aromatic N) is 3. The molecule has 4 fully saturated rings. The number of aromatic nitrogens is 3. The second-order valence-electron chi connectivity index (χ2n) is 7.99. The summed E-state index contributed by atoms with van der Waals surface area (Å²) in [5, 5.41) is 0. The summed E-state index contributed by atoms with van der Waals surface area (Å²) in [6.45, 7) is 1.24. The van der Waals surface area contributed by atoms with Crippen LogP contribution in [0.15, 0.2) is 12.4 Å². The van der Waals surface area contributed by atoms with Gasteiger partial charge in [0, 0.05) is 24.9 Å². The minimum atomic E-state index is -0.459. The molecule has 0 N–H and O–H groups in total. The fraction of sp³-hybridized carbons (Fsp3) is 0.632. The predicted octanol–water partition coefficient (Wildman–Crippen LogP) is 1.89. The van der Waals surface area contributed by atoms with E-state index < -0.39 is 5.97 Å². The van der Waals surface area contributed by atoms with E-state index in [0.29, 0.717) is 30.4 Å². The van der Waals surface area contributed by atoms with E-state index in [9.17, 15) is 4.79 Å². The minimum absolute atomic E-state index is 0.0906. The van der Waals surface area contributed by atoms with Gasteiger partial charge in [0.1, 0.15) is 11.7 Å². The summed E-state index contributed by atoms with van der Waals surface area (Å²) >= 11 is 0. The number of esters is 1. The molecular weight excluding hydrogens is 350 g/mol. The number of rotatable bonds is 6. The fourth-order valence-corrected chi connectivity index (χ4v) is 4.49. The van der Waals surface area contributed by atoms with E-state index in [1.807, 2.05) is 6.20 Å². The average molecular weight is 373 g/mol. The highest BCUT2D eigenvalue weighted by Gasteiger charge is 2.64. The summed E-state index contributed by atoms with van der Waals surface area (Å²) in [6.07, 6.45) is 8.64. The average Bonchev–Trinajstić information content (AvgIpc) is 3.27. The first-order chi connectivity index (χ1) is 13.1. The van der Waals surface area contributed by atoms with Gasteiger partial charge in [-0.3, -0.25) is 4.40 Å². The Bertz CT molecular complexity index is 898. The van der Waals surface area contributed by atoms with E-state index >= 15 is 0 Å². The summed E-state index contributed by atoms with van der Waals surface area (Å²) in [4.78, 5) is 21.5. The number of imidazole rings is 1.